The van der Waals surface area contributed by atoms with E-state index in [0.717, 1.165) is 29.2 Å². The van der Waals surface area contributed by atoms with Gasteiger partial charge in [0.25, 0.3) is 0 Å². The van der Waals surface area contributed by atoms with Crippen LogP contribution >= 0.6 is 23.1 Å². The van der Waals surface area contributed by atoms with Gasteiger partial charge in [-0.1, -0.05) is 17.3 Å². The van der Waals surface area contributed by atoms with Crippen molar-refractivity contribution in [2.24, 2.45) is 5.16 Å². The molecule has 1 aromatic heterocycles. The van der Waals surface area contributed by atoms with Gasteiger partial charge in [-0.3, -0.25) is 0 Å². The highest BCUT2D eigenvalue weighted by Crippen LogP contribution is 2.33. The number of aryl methyl sites for hydroxylation is 1. The van der Waals surface area contributed by atoms with Gasteiger partial charge in [-0.25, -0.2) is 4.39 Å². The largest absolute Gasteiger partial charge is 0.388 e. The molecule has 0 spiro atoms. The van der Waals surface area contributed by atoms with E-state index in [1.807, 2.05) is 6.07 Å². The van der Waals surface area contributed by atoms with Crippen molar-refractivity contribution < 1.29 is 9.23 Å². The van der Waals surface area contributed by atoms with Gasteiger partial charge in [-0.05, 0) is 48.6 Å². The number of nitrogens with zero attached hydrogens (tertiary/aromatic N) is 1. The number of benzene rings is 1. The summed E-state index contributed by atoms with van der Waals surface area (Å²) in [5, 5.41) is 6.37. The van der Waals surface area contributed by atoms with Gasteiger partial charge in [-0.2, -0.15) is 11.8 Å². The summed E-state index contributed by atoms with van der Waals surface area (Å²) in [6.45, 7) is 4.19. The highest BCUT2D eigenvalue weighted by atomic mass is 32.2. The van der Waals surface area contributed by atoms with E-state index in [1.54, 1.807) is 35.2 Å². The predicted octanol–water partition coefficient (Wildman–Crippen LogP) is 5.01. The van der Waals surface area contributed by atoms with Crippen molar-refractivity contribution in [1.29, 1.82) is 0 Å². The van der Waals surface area contributed by atoms with E-state index in [2.05, 4.69) is 30.4 Å². The number of hydrogen-bond donors (Lipinski definition) is 0. The molecule has 0 saturated heterocycles. The van der Waals surface area contributed by atoms with Crippen molar-refractivity contribution in [2.75, 3.05) is 5.75 Å². The van der Waals surface area contributed by atoms with E-state index in [9.17, 15) is 4.39 Å². The van der Waals surface area contributed by atoms with Crippen LogP contribution in [0, 0.1) is 12.7 Å². The second-order valence-corrected chi connectivity index (χ2v) is 7.71. The molecule has 0 N–H and O–H groups in total. The number of oxime groups is 1. The molecule has 1 aromatic carbocycles. The van der Waals surface area contributed by atoms with Gasteiger partial charge in [0.2, 0.25) is 0 Å². The lowest BCUT2D eigenvalue weighted by Gasteiger charge is -2.20. The van der Waals surface area contributed by atoms with Gasteiger partial charge in [0, 0.05) is 17.9 Å². The quantitative estimate of drug-likeness (QED) is 0.766. The maximum atomic E-state index is 13.2. The summed E-state index contributed by atoms with van der Waals surface area (Å²) in [4.78, 5) is 6.91. The SMILES string of the molecule is Cc1ccsc1C1=NOC(C)(CSCc2cccc(F)c2)C1. The van der Waals surface area contributed by atoms with Crippen LogP contribution in [0.3, 0.4) is 0 Å². The lowest BCUT2D eigenvalue weighted by atomic mass is 10.0. The second-order valence-electron chi connectivity index (χ2n) is 5.81. The molecule has 5 heteroatoms. The van der Waals surface area contributed by atoms with Crippen LogP contribution in [0.1, 0.15) is 29.3 Å². The highest BCUT2D eigenvalue weighted by Gasteiger charge is 2.35. The van der Waals surface area contributed by atoms with Crippen molar-refractivity contribution in [3.63, 3.8) is 0 Å². The summed E-state index contributed by atoms with van der Waals surface area (Å²) in [6.07, 6.45) is 0.824. The summed E-state index contributed by atoms with van der Waals surface area (Å²) in [5.41, 5.74) is 3.02. The fraction of sp³-hybridized carbons (Fsp3) is 0.353. The summed E-state index contributed by atoms with van der Waals surface area (Å²) < 4.78 is 13.2. The molecule has 0 amide bonds. The molecule has 0 aliphatic carbocycles. The Bertz CT molecular complexity index is 697. The molecule has 1 atom stereocenters. The smallest absolute Gasteiger partial charge is 0.149 e. The number of thiophene rings is 1. The summed E-state index contributed by atoms with van der Waals surface area (Å²) in [5.74, 6) is 1.44. The standard InChI is InChI=1S/C17H18FNOS2/c1-12-6-7-22-16(12)15-9-17(2,20-19-15)11-21-10-13-4-3-5-14(18)8-13/h3-8H,9-11H2,1-2H3. The molecule has 0 fully saturated rings. The van der Waals surface area contributed by atoms with Gasteiger partial charge in [0.15, 0.2) is 0 Å². The summed E-state index contributed by atoms with van der Waals surface area (Å²) in [6, 6.07) is 8.86. The Balaban J connectivity index is 1.55. The van der Waals surface area contributed by atoms with E-state index in [1.165, 1.54) is 16.5 Å². The zero-order valence-electron chi connectivity index (χ0n) is 12.6. The fourth-order valence-electron chi connectivity index (χ4n) is 2.46. The number of halogens is 1. The van der Waals surface area contributed by atoms with Crippen molar-refractivity contribution in [3.05, 3.63) is 57.5 Å². The molecular formula is C17H18FNOS2. The van der Waals surface area contributed by atoms with E-state index in [0.29, 0.717) is 0 Å². The molecule has 0 bridgehead atoms. The fourth-order valence-corrected chi connectivity index (χ4v) is 4.47. The number of thioether (sulfide) groups is 1. The Morgan fingerprint density at radius 1 is 1.41 bits per heavy atom. The van der Waals surface area contributed by atoms with Gasteiger partial charge in [0.1, 0.15) is 17.1 Å². The predicted molar refractivity (Wildman–Crippen MR) is 92.3 cm³/mol. The van der Waals surface area contributed by atoms with Crippen molar-refractivity contribution in [1.82, 2.24) is 0 Å². The lowest BCUT2D eigenvalue weighted by molar-refractivity contribution is 0.0163. The van der Waals surface area contributed by atoms with Crippen LogP contribution in [0.4, 0.5) is 4.39 Å². The normalized spacial score (nSPS) is 20.8. The molecule has 0 saturated carbocycles. The van der Waals surface area contributed by atoms with Crippen LogP contribution in [-0.4, -0.2) is 17.1 Å². The van der Waals surface area contributed by atoms with Gasteiger partial charge >= 0.3 is 0 Å². The molecule has 0 radical (unpaired) electrons. The Kier molecular flexibility index (Phi) is 4.54. The zero-order chi connectivity index (χ0) is 15.6. The molecule has 2 aromatic rings. The molecule has 22 heavy (non-hydrogen) atoms. The monoisotopic (exact) mass is 335 g/mol. The maximum Gasteiger partial charge on any atom is 0.149 e. The lowest BCUT2D eigenvalue weighted by Crippen LogP contribution is -2.28. The van der Waals surface area contributed by atoms with E-state index in [4.69, 9.17) is 4.84 Å². The molecule has 1 unspecified atom stereocenters. The van der Waals surface area contributed by atoms with Crippen LogP contribution in [0.25, 0.3) is 0 Å². The Labute approximate surface area is 138 Å². The Morgan fingerprint density at radius 2 is 2.27 bits per heavy atom. The molecule has 3 rings (SSSR count). The average Bonchev–Trinajstić information content (AvgIpc) is 3.05. The van der Waals surface area contributed by atoms with E-state index in [-0.39, 0.29) is 11.4 Å². The average molecular weight is 335 g/mol. The summed E-state index contributed by atoms with van der Waals surface area (Å²) in [7, 11) is 0. The minimum atomic E-state index is -0.274. The molecule has 1 aliphatic rings. The Hall–Kier alpha value is -1.33. The molecule has 116 valence electrons. The first-order valence-electron chi connectivity index (χ1n) is 7.17. The first-order chi connectivity index (χ1) is 10.6. The van der Waals surface area contributed by atoms with Gasteiger partial charge in [0.05, 0.1) is 4.88 Å². The second kappa shape index (κ2) is 6.42. The zero-order valence-corrected chi connectivity index (χ0v) is 14.3. The first kappa shape index (κ1) is 15.6. The molecule has 2 heterocycles. The van der Waals surface area contributed by atoms with Crippen molar-refractivity contribution >= 4 is 28.8 Å². The third kappa shape index (κ3) is 3.52. The van der Waals surface area contributed by atoms with Crippen LogP contribution < -0.4 is 0 Å². The molecular weight excluding hydrogens is 317 g/mol. The molecule has 2 nitrogen and oxygen atoms in total. The topological polar surface area (TPSA) is 21.6 Å². The summed E-state index contributed by atoms with van der Waals surface area (Å²) >= 11 is 3.46. The van der Waals surface area contributed by atoms with Crippen LogP contribution in [0.5, 0.6) is 0 Å². The minimum Gasteiger partial charge on any atom is -0.388 e. The first-order valence-corrected chi connectivity index (χ1v) is 9.21. The number of hydrogen-bond acceptors (Lipinski definition) is 4. The van der Waals surface area contributed by atoms with Crippen molar-refractivity contribution in [2.45, 2.75) is 31.6 Å². The number of rotatable bonds is 5. The third-order valence-electron chi connectivity index (χ3n) is 3.61. The van der Waals surface area contributed by atoms with Gasteiger partial charge in [-0.15, -0.1) is 11.3 Å². The maximum absolute atomic E-state index is 13.2. The van der Waals surface area contributed by atoms with E-state index < -0.39 is 0 Å². The van der Waals surface area contributed by atoms with Crippen LogP contribution in [0.2, 0.25) is 0 Å². The third-order valence-corrected chi connectivity index (χ3v) is 6.02. The Morgan fingerprint density at radius 3 is 3.00 bits per heavy atom. The molecule has 1 aliphatic heterocycles. The van der Waals surface area contributed by atoms with Crippen LogP contribution in [-0.2, 0) is 10.6 Å². The van der Waals surface area contributed by atoms with Gasteiger partial charge < -0.3 is 4.84 Å². The van der Waals surface area contributed by atoms with Crippen molar-refractivity contribution in [3.8, 4) is 0 Å². The minimum absolute atomic E-state index is 0.180. The highest BCUT2D eigenvalue weighted by molar-refractivity contribution is 7.98. The van der Waals surface area contributed by atoms with Crippen LogP contribution in [0.15, 0.2) is 40.9 Å². The van der Waals surface area contributed by atoms with E-state index >= 15 is 0 Å².